The first-order valence-corrected chi connectivity index (χ1v) is 7.42. The summed E-state index contributed by atoms with van der Waals surface area (Å²) in [5, 5.41) is 3.53. The van der Waals surface area contributed by atoms with Gasteiger partial charge in [0.25, 0.3) is 0 Å². The SMILES string of the molecule is CNC1CCCCCC1n1c(C)nc2ccccc21. The van der Waals surface area contributed by atoms with Gasteiger partial charge in [0.2, 0.25) is 0 Å². The van der Waals surface area contributed by atoms with E-state index < -0.39 is 0 Å². The average Bonchev–Trinajstić information content (AvgIpc) is 2.61. The lowest BCUT2D eigenvalue weighted by molar-refractivity contribution is 0.349. The Morgan fingerprint density at radius 3 is 2.79 bits per heavy atom. The van der Waals surface area contributed by atoms with Crippen LogP contribution in [0.25, 0.3) is 11.0 Å². The molecule has 0 saturated heterocycles. The molecule has 2 unspecified atom stereocenters. The Kier molecular flexibility index (Phi) is 3.56. The molecule has 3 rings (SSSR count). The smallest absolute Gasteiger partial charge is 0.107 e. The van der Waals surface area contributed by atoms with Gasteiger partial charge in [-0.3, -0.25) is 0 Å². The Morgan fingerprint density at radius 1 is 1.16 bits per heavy atom. The number of hydrogen-bond donors (Lipinski definition) is 1. The molecule has 0 radical (unpaired) electrons. The molecule has 2 atom stereocenters. The molecule has 0 spiro atoms. The van der Waals surface area contributed by atoms with Crippen LogP contribution < -0.4 is 5.32 Å². The van der Waals surface area contributed by atoms with Gasteiger partial charge in [-0.25, -0.2) is 4.98 Å². The fourth-order valence-corrected chi connectivity index (χ4v) is 3.52. The van der Waals surface area contributed by atoms with Crippen molar-refractivity contribution >= 4 is 11.0 Å². The van der Waals surface area contributed by atoms with Gasteiger partial charge in [0.15, 0.2) is 0 Å². The van der Waals surface area contributed by atoms with Gasteiger partial charge in [0, 0.05) is 6.04 Å². The Bertz CT molecular complexity index is 558. The molecule has 1 aliphatic rings. The van der Waals surface area contributed by atoms with Crippen molar-refractivity contribution in [2.24, 2.45) is 0 Å². The van der Waals surface area contributed by atoms with E-state index in [-0.39, 0.29) is 0 Å². The lowest BCUT2D eigenvalue weighted by atomic mass is 10.0. The molecule has 1 aliphatic carbocycles. The van der Waals surface area contributed by atoms with E-state index in [9.17, 15) is 0 Å². The van der Waals surface area contributed by atoms with Crippen molar-refractivity contribution in [3.63, 3.8) is 0 Å². The number of imidazole rings is 1. The second kappa shape index (κ2) is 5.33. The molecule has 3 heteroatoms. The van der Waals surface area contributed by atoms with Crippen LogP contribution in [0.1, 0.15) is 44.0 Å². The minimum Gasteiger partial charge on any atom is -0.324 e. The number of aromatic nitrogens is 2. The molecule has 19 heavy (non-hydrogen) atoms. The van der Waals surface area contributed by atoms with Gasteiger partial charge in [-0.05, 0) is 38.9 Å². The van der Waals surface area contributed by atoms with Crippen LogP contribution in [0.2, 0.25) is 0 Å². The second-order valence-electron chi connectivity index (χ2n) is 5.62. The van der Waals surface area contributed by atoms with E-state index in [1.165, 1.54) is 37.6 Å². The highest BCUT2D eigenvalue weighted by atomic mass is 15.1. The van der Waals surface area contributed by atoms with Crippen LogP contribution in [0.5, 0.6) is 0 Å². The third kappa shape index (κ3) is 2.27. The molecule has 2 aromatic rings. The van der Waals surface area contributed by atoms with Gasteiger partial charge < -0.3 is 9.88 Å². The van der Waals surface area contributed by atoms with Gasteiger partial charge in [0.05, 0.1) is 17.1 Å². The summed E-state index contributed by atoms with van der Waals surface area (Å²) < 4.78 is 2.46. The molecule has 1 saturated carbocycles. The zero-order chi connectivity index (χ0) is 13.2. The molecule has 1 aromatic carbocycles. The number of aryl methyl sites for hydroxylation is 1. The topological polar surface area (TPSA) is 29.9 Å². The predicted molar refractivity (Wildman–Crippen MR) is 79.4 cm³/mol. The number of benzene rings is 1. The summed E-state index contributed by atoms with van der Waals surface area (Å²) in [4.78, 5) is 4.72. The zero-order valence-electron chi connectivity index (χ0n) is 11.9. The minimum atomic E-state index is 0.542. The Balaban J connectivity index is 2.08. The number of nitrogens with one attached hydrogen (secondary N) is 1. The second-order valence-corrected chi connectivity index (χ2v) is 5.62. The number of likely N-dealkylation sites (N-methyl/N-ethyl adjacent to an activating group) is 1. The molecule has 0 amide bonds. The van der Waals surface area contributed by atoms with E-state index in [0.29, 0.717) is 12.1 Å². The number of rotatable bonds is 2. The molecule has 0 bridgehead atoms. The van der Waals surface area contributed by atoms with Crippen LogP contribution in [0.3, 0.4) is 0 Å². The maximum absolute atomic E-state index is 4.72. The Hall–Kier alpha value is -1.35. The fourth-order valence-electron chi connectivity index (χ4n) is 3.52. The zero-order valence-corrected chi connectivity index (χ0v) is 11.9. The van der Waals surface area contributed by atoms with Crippen molar-refractivity contribution < 1.29 is 0 Å². The molecular weight excluding hydrogens is 234 g/mol. The fraction of sp³-hybridized carbons (Fsp3) is 0.562. The molecule has 3 nitrogen and oxygen atoms in total. The van der Waals surface area contributed by atoms with E-state index in [4.69, 9.17) is 4.98 Å². The minimum absolute atomic E-state index is 0.542. The summed E-state index contributed by atoms with van der Waals surface area (Å²) in [7, 11) is 2.09. The van der Waals surface area contributed by atoms with Crippen LogP contribution in [-0.2, 0) is 0 Å². The summed E-state index contributed by atoms with van der Waals surface area (Å²) in [6.45, 7) is 2.14. The van der Waals surface area contributed by atoms with Gasteiger partial charge in [-0.15, -0.1) is 0 Å². The van der Waals surface area contributed by atoms with E-state index >= 15 is 0 Å². The molecule has 1 heterocycles. The van der Waals surface area contributed by atoms with Gasteiger partial charge in [-0.1, -0.05) is 31.4 Å². The van der Waals surface area contributed by atoms with E-state index in [2.05, 4.69) is 48.1 Å². The van der Waals surface area contributed by atoms with Gasteiger partial charge in [0.1, 0.15) is 5.82 Å². The van der Waals surface area contributed by atoms with E-state index in [0.717, 1.165) is 11.3 Å². The van der Waals surface area contributed by atoms with E-state index in [1.807, 2.05) is 0 Å². The Morgan fingerprint density at radius 2 is 1.95 bits per heavy atom. The molecule has 1 N–H and O–H groups in total. The quantitative estimate of drug-likeness (QED) is 0.835. The van der Waals surface area contributed by atoms with E-state index in [1.54, 1.807) is 0 Å². The summed E-state index contributed by atoms with van der Waals surface area (Å²) in [5.74, 6) is 1.15. The highest BCUT2D eigenvalue weighted by Crippen LogP contribution is 2.31. The Labute approximate surface area is 115 Å². The number of para-hydroxylation sites is 2. The molecule has 1 fully saturated rings. The largest absolute Gasteiger partial charge is 0.324 e. The molecule has 1 aromatic heterocycles. The normalized spacial score (nSPS) is 24.5. The van der Waals surface area contributed by atoms with Crippen LogP contribution in [0.15, 0.2) is 24.3 Å². The highest BCUT2D eigenvalue weighted by molar-refractivity contribution is 5.76. The summed E-state index contributed by atoms with van der Waals surface area (Å²) >= 11 is 0. The van der Waals surface area contributed by atoms with Gasteiger partial charge in [-0.2, -0.15) is 0 Å². The number of nitrogens with zero attached hydrogens (tertiary/aromatic N) is 2. The van der Waals surface area contributed by atoms with Crippen LogP contribution >= 0.6 is 0 Å². The first-order chi connectivity index (χ1) is 9.31. The van der Waals surface area contributed by atoms with Crippen molar-refractivity contribution in [2.75, 3.05) is 7.05 Å². The lowest BCUT2D eigenvalue weighted by Crippen LogP contribution is -2.34. The van der Waals surface area contributed by atoms with Crippen LogP contribution in [0, 0.1) is 6.92 Å². The molecule has 0 aliphatic heterocycles. The van der Waals surface area contributed by atoms with Crippen LogP contribution in [0.4, 0.5) is 0 Å². The van der Waals surface area contributed by atoms with Crippen molar-refractivity contribution in [2.45, 2.75) is 51.1 Å². The predicted octanol–water partition coefficient (Wildman–Crippen LogP) is 3.44. The number of fused-ring (bicyclic) bond motifs is 1. The van der Waals surface area contributed by atoms with Crippen LogP contribution in [-0.4, -0.2) is 22.6 Å². The number of hydrogen-bond acceptors (Lipinski definition) is 2. The lowest BCUT2D eigenvalue weighted by Gasteiger charge is -2.27. The standard InChI is InChI=1S/C16H23N3/c1-12-18-14-9-6-7-11-16(14)19(12)15-10-5-3-4-8-13(15)17-2/h6-7,9,11,13,15,17H,3-5,8,10H2,1-2H3. The third-order valence-electron chi connectivity index (χ3n) is 4.45. The van der Waals surface area contributed by atoms with Crippen molar-refractivity contribution in [3.05, 3.63) is 30.1 Å². The first-order valence-electron chi connectivity index (χ1n) is 7.42. The van der Waals surface area contributed by atoms with Crippen molar-refractivity contribution in [1.82, 2.24) is 14.9 Å². The average molecular weight is 257 g/mol. The molecule has 102 valence electrons. The summed E-state index contributed by atoms with van der Waals surface area (Å²) in [6.07, 6.45) is 6.56. The molecular formula is C16H23N3. The van der Waals surface area contributed by atoms with Gasteiger partial charge >= 0.3 is 0 Å². The highest BCUT2D eigenvalue weighted by Gasteiger charge is 2.26. The maximum atomic E-state index is 4.72. The third-order valence-corrected chi connectivity index (χ3v) is 4.45. The maximum Gasteiger partial charge on any atom is 0.107 e. The van der Waals surface area contributed by atoms with Crippen molar-refractivity contribution in [3.8, 4) is 0 Å². The first kappa shape index (κ1) is 12.7. The van der Waals surface area contributed by atoms with Crippen molar-refractivity contribution in [1.29, 1.82) is 0 Å². The summed E-state index contributed by atoms with van der Waals surface area (Å²) in [5.41, 5.74) is 2.41. The summed E-state index contributed by atoms with van der Waals surface area (Å²) in [6, 6.07) is 9.61. The monoisotopic (exact) mass is 257 g/mol.